The topological polar surface area (TPSA) is 74.2 Å². The van der Waals surface area contributed by atoms with Crippen molar-refractivity contribution < 1.29 is 14.3 Å². The Kier molecular flexibility index (Phi) is 6.90. The number of hydrogen-bond donors (Lipinski definition) is 1. The van der Waals surface area contributed by atoms with E-state index in [9.17, 15) is 9.59 Å². The van der Waals surface area contributed by atoms with Crippen LogP contribution >= 0.6 is 0 Å². The van der Waals surface area contributed by atoms with Gasteiger partial charge in [0.25, 0.3) is 0 Å². The van der Waals surface area contributed by atoms with Gasteiger partial charge in [-0.2, -0.15) is 0 Å². The first-order valence-corrected chi connectivity index (χ1v) is 10.1. The summed E-state index contributed by atoms with van der Waals surface area (Å²) in [5.41, 5.74) is 1.31. The lowest BCUT2D eigenvalue weighted by molar-refractivity contribution is -0.147. The number of benzene rings is 1. The first kappa shape index (κ1) is 20.2. The van der Waals surface area contributed by atoms with Crippen molar-refractivity contribution in [3.8, 4) is 5.75 Å². The number of carbonyl (C=O) groups excluding carboxylic acids is 2. The van der Waals surface area contributed by atoms with E-state index in [1.54, 1.807) is 7.11 Å². The molecule has 3 rings (SSSR count). The van der Waals surface area contributed by atoms with Crippen molar-refractivity contribution >= 4 is 17.8 Å². The van der Waals surface area contributed by atoms with Crippen molar-refractivity contribution in [2.45, 2.75) is 38.5 Å². The average Bonchev–Trinajstić information content (AvgIpc) is 3.19. The molecule has 1 N–H and O–H groups in total. The number of likely N-dealkylation sites (tertiary alicyclic amines) is 2. The predicted molar refractivity (Wildman–Crippen MR) is 108 cm³/mol. The van der Waals surface area contributed by atoms with Crippen molar-refractivity contribution in [2.24, 2.45) is 4.99 Å². The summed E-state index contributed by atoms with van der Waals surface area (Å²) in [5.74, 6) is 2.04. The highest BCUT2D eigenvalue weighted by atomic mass is 16.5. The number of rotatable bonds is 6. The third-order valence-electron chi connectivity index (χ3n) is 5.38. The van der Waals surface area contributed by atoms with Crippen LogP contribution in [0.3, 0.4) is 0 Å². The van der Waals surface area contributed by atoms with Crippen LogP contribution in [0.4, 0.5) is 0 Å². The van der Waals surface area contributed by atoms with E-state index in [1.165, 1.54) is 10.5 Å². The van der Waals surface area contributed by atoms with E-state index in [1.807, 2.05) is 19.1 Å². The molecule has 1 aromatic rings. The van der Waals surface area contributed by atoms with Gasteiger partial charge < -0.3 is 15.0 Å². The Morgan fingerprint density at radius 1 is 1.21 bits per heavy atom. The number of ether oxygens (including phenoxy) is 1. The molecule has 7 heteroatoms. The summed E-state index contributed by atoms with van der Waals surface area (Å²) in [6, 6.07) is 8.27. The quantitative estimate of drug-likeness (QED) is 0.460. The third-order valence-corrected chi connectivity index (χ3v) is 5.38. The smallest absolute Gasteiger partial charge is 0.229 e. The van der Waals surface area contributed by atoms with Crippen LogP contribution in [0.5, 0.6) is 5.75 Å². The fourth-order valence-electron chi connectivity index (χ4n) is 3.83. The number of guanidine groups is 1. The second-order valence-corrected chi connectivity index (χ2v) is 7.23. The number of hydrogen-bond acceptors (Lipinski definition) is 4. The standard InChI is InChI=1S/C21H30N4O3/c1-3-22-21(23-12-14-25-19(26)5-4-6-20(25)27)24-13-11-17(15-24)16-7-9-18(28-2)10-8-16/h7-10,17H,3-6,11-15H2,1-2H3,(H,22,23). The number of piperidine rings is 1. The molecule has 2 aliphatic rings. The average molecular weight is 386 g/mol. The molecule has 1 aromatic carbocycles. The Morgan fingerprint density at radius 3 is 2.57 bits per heavy atom. The maximum atomic E-state index is 11.9. The van der Waals surface area contributed by atoms with Crippen LogP contribution in [-0.2, 0) is 9.59 Å². The lowest BCUT2D eigenvalue weighted by atomic mass is 9.98. The maximum Gasteiger partial charge on any atom is 0.229 e. The van der Waals surface area contributed by atoms with Gasteiger partial charge in [0.2, 0.25) is 11.8 Å². The zero-order chi connectivity index (χ0) is 19.9. The number of methoxy groups -OCH3 is 1. The lowest BCUT2D eigenvalue weighted by Crippen LogP contribution is -2.43. The van der Waals surface area contributed by atoms with Gasteiger partial charge in [-0.05, 0) is 37.5 Å². The minimum absolute atomic E-state index is 0.0720. The molecule has 7 nitrogen and oxygen atoms in total. The second kappa shape index (κ2) is 9.57. The Balaban J connectivity index is 1.59. The number of aliphatic imine (C=N–C) groups is 1. The molecule has 28 heavy (non-hydrogen) atoms. The van der Waals surface area contributed by atoms with Crippen molar-refractivity contribution in [2.75, 3.05) is 39.8 Å². The molecular weight excluding hydrogens is 356 g/mol. The van der Waals surface area contributed by atoms with Crippen LogP contribution in [0.2, 0.25) is 0 Å². The van der Waals surface area contributed by atoms with Crippen LogP contribution in [0, 0.1) is 0 Å². The highest BCUT2D eigenvalue weighted by Crippen LogP contribution is 2.28. The van der Waals surface area contributed by atoms with Crippen LogP contribution < -0.4 is 10.1 Å². The molecule has 2 fully saturated rings. The molecule has 2 heterocycles. The van der Waals surface area contributed by atoms with E-state index >= 15 is 0 Å². The van der Waals surface area contributed by atoms with Gasteiger partial charge in [-0.1, -0.05) is 12.1 Å². The van der Waals surface area contributed by atoms with Crippen molar-refractivity contribution in [3.63, 3.8) is 0 Å². The van der Waals surface area contributed by atoms with Crippen LogP contribution in [-0.4, -0.2) is 67.4 Å². The SMILES string of the molecule is CCNC(=NCCN1C(=O)CCCC1=O)N1CCC(c2ccc(OC)cc2)C1. The number of amides is 2. The van der Waals surface area contributed by atoms with Crippen LogP contribution in [0.15, 0.2) is 29.3 Å². The normalized spacial score (nSPS) is 20.6. The van der Waals surface area contributed by atoms with Gasteiger partial charge in [0.05, 0.1) is 13.7 Å². The summed E-state index contributed by atoms with van der Waals surface area (Å²) in [5, 5.41) is 3.34. The van der Waals surface area contributed by atoms with Gasteiger partial charge in [0.1, 0.15) is 5.75 Å². The van der Waals surface area contributed by atoms with Crippen molar-refractivity contribution in [1.82, 2.24) is 15.1 Å². The molecule has 0 spiro atoms. The van der Waals surface area contributed by atoms with Gasteiger partial charge in [-0.25, -0.2) is 0 Å². The molecule has 2 saturated heterocycles. The maximum absolute atomic E-state index is 11.9. The Hall–Kier alpha value is -2.57. The minimum atomic E-state index is -0.0720. The summed E-state index contributed by atoms with van der Waals surface area (Å²) in [4.78, 5) is 32.2. The number of nitrogens with one attached hydrogen (secondary N) is 1. The predicted octanol–water partition coefficient (Wildman–Crippen LogP) is 1.99. The number of imide groups is 1. The Bertz CT molecular complexity index is 701. The van der Waals surface area contributed by atoms with E-state index in [4.69, 9.17) is 4.74 Å². The summed E-state index contributed by atoms with van der Waals surface area (Å²) in [6.45, 7) is 5.46. The second-order valence-electron chi connectivity index (χ2n) is 7.23. The third kappa shape index (κ3) is 4.82. The van der Waals surface area contributed by atoms with Crippen LogP contribution in [0.25, 0.3) is 0 Å². The van der Waals surface area contributed by atoms with Gasteiger partial charge in [0, 0.05) is 44.9 Å². The summed E-state index contributed by atoms with van der Waals surface area (Å²) < 4.78 is 5.24. The highest BCUT2D eigenvalue weighted by molar-refractivity contribution is 5.97. The van der Waals surface area contributed by atoms with E-state index in [0.29, 0.717) is 38.3 Å². The molecule has 0 radical (unpaired) electrons. The zero-order valence-electron chi connectivity index (χ0n) is 16.8. The summed E-state index contributed by atoms with van der Waals surface area (Å²) in [7, 11) is 1.68. The summed E-state index contributed by atoms with van der Waals surface area (Å²) >= 11 is 0. The molecule has 0 aromatic heterocycles. The molecule has 2 amide bonds. The lowest BCUT2D eigenvalue weighted by Gasteiger charge is -2.25. The minimum Gasteiger partial charge on any atom is -0.497 e. The first-order chi connectivity index (χ1) is 13.6. The molecule has 1 atom stereocenters. The van der Waals surface area contributed by atoms with E-state index in [-0.39, 0.29) is 11.8 Å². The highest BCUT2D eigenvalue weighted by Gasteiger charge is 2.27. The van der Waals surface area contributed by atoms with Crippen molar-refractivity contribution in [1.29, 1.82) is 0 Å². The number of nitrogens with zero attached hydrogens (tertiary/aromatic N) is 3. The molecule has 1 unspecified atom stereocenters. The number of carbonyl (C=O) groups is 2. The Morgan fingerprint density at radius 2 is 1.93 bits per heavy atom. The van der Waals surface area contributed by atoms with Gasteiger partial charge >= 0.3 is 0 Å². The van der Waals surface area contributed by atoms with Gasteiger partial charge in [0.15, 0.2) is 5.96 Å². The Labute approximate surface area is 166 Å². The molecule has 0 bridgehead atoms. The van der Waals surface area contributed by atoms with Gasteiger partial charge in [-0.15, -0.1) is 0 Å². The summed E-state index contributed by atoms with van der Waals surface area (Å²) in [6.07, 6.45) is 2.66. The first-order valence-electron chi connectivity index (χ1n) is 10.1. The van der Waals surface area contributed by atoms with E-state index in [0.717, 1.165) is 37.8 Å². The van der Waals surface area contributed by atoms with Gasteiger partial charge in [-0.3, -0.25) is 19.5 Å². The largest absolute Gasteiger partial charge is 0.497 e. The monoisotopic (exact) mass is 386 g/mol. The van der Waals surface area contributed by atoms with Crippen LogP contribution in [0.1, 0.15) is 44.1 Å². The fraction of sp³-hybridized carbons (Fsp3) is 0.571. The zero-order valence-corrected chi connectivity index (χ0v) is 16.8. The molecule has 0 saturated carbocycles. The molecule has 2 aliphatic heterocycles. The fourth-order valence-corrected chi connectivity index (χ4v) is 3.83. The van der Waals surface area contributed by atoms with Crippen molar-refractivity contribution in [3.05, 3.63) is 29.8 Å². The molecule has 152 valence electrons. The van der Waals surface area contributed by atoms with E-state index in [2.05, 4.69) is 27.3 Å². The molecule has 0 aliphatic carbocycles. The van der Waals surface area contributed by atoms with E-state index < -0.39 is 0 Å². The molecular formula is C21H30N4O3.